The minimum absolute atomic E-state index is 0.165. The molecule has 2 rings (SSSR count). The van der Waals surface area contributed by atoms with Gasteiger partial charge in [0.15, 0.2) is 5.16 Å². The fraction of sp³-hybridized carbons (Fsp3) is 0.750. The molecule has 1 aromatic rings. The van der Waals surface area contributed by atoms with Crippen LogP contribution in [0.1, 0.15) is 19.3 Å². The zero-order valence-electron chi connectivity index (χ0n) is 7.55. The van der Waals surface area contributed by atoms with Crippen molar-refractivity contribution in [3.63, 3.8) is 0 Å². The highest BCUT2D eigenvalue weighted by Crippen LogP contribution is 2.33. The number of hydrogen-bond donors (Lipinski definition) is 1. The average Bonchev–Trinajstić information content (AvgIpc) is 2.65. The molecule has 4 nitrogen and oxygen atoms in total. The number of aryl methyl sites for hydroxylation is 1. The van der Waals surface area contributed by atoms with Crippen LogP contribution in [-0.2, 0) is 7.05 Å². The van der Waals surface area contributed by atoms with E-state index in [2.05, 4.69) is 10.1 Å². The maximum atomic E-state index is 9.60. The van der Waals surface area contributed by atoms with Gasteiger partial charge in [-0.2, -0.15) is 5.10 Å². The first-order chi connectivity index (χ1) is 6.27. The average molecular weight is 199 g/mol. The van der Waals surface area contributed by atoms with Crippen LogP contribution in [0.5, 0.6) is 0 Å². The molecule has 0 aromatic carbocycles. The number of nitrogens with zero attached hydrogens (tertiary/aromatic N) is 3. The Morgan fingerprint density at radius 2 is 2.46 bits per heavy atom. The number of hydrogen-bond acceptors (Lipinski definition) is 4. The lowest BCUT2D eigenvalue weighted by atomic mass is 10.3. The summed E-state index contributed by atoms with van der Waals surface area (Å²) in [7, 11) is 1.87. The van der Waals surface area contributed by atoms with Crippen molar-refractivity contribution in [3.05, 3.63) is 6.33 Å². The van der Waals surface area contributed by atoms with Crippen LogP contribution in [0.4, 0.5) is 0 Å². The third-order valence-corrected chi connectivity index (χ3v) is 3.78. The molecular formula is C8H13N3OS. The lowest BCUT2D eigenvalue weighted by molar-refractivity contribution is 0.188. The Balaban J connectivity index is 2.01. The van der Waals surface area contributed by atoms with E-state index >= 15 is 0 Å². The van der Waals surface area contributed by atoms with Gasteiger partial charge in [-0.05, 0) is 19.3 Å². The van der Waals surface area contributed by atoms with Gasteiger partial charge in [-0.1, -0.05) is 11.8 Å². The van der Waals surface area contributed by atoms with E-state index < -0.39 is 0 Å². The third kappa shape index (κ3) is 1.86. The fourth-order valence-electron chi connectivity index (χ4n) is 1.57. The monoisotopic (exact) mass is 199 g/mol. The zero-order chi connectivity index (χ0) is 9.26. The number of thioether (sulfide) groups is 1. The SMILES string of the molecule is Cn1ncnc1S[C@@H]1CCC[C@H]1O. The normalized spacial score (nSPS) is 28.2. The van der Waals surface area contributed by atoms with Gasteiger partial charge in [-0.25, -0.2) is 9.67 Å². The Labute approximate surface area is 81.4 Å². The van der Waals surface area contributed by atoms with Gasteiger partial charge < -0.3 is 5.11 Å². The van der Waals surface area contributed by atoms with Crippen LogP contribution in [0.2, 0.25) is 0 Å². The first-order valence-electron chi connectivity index (χ1n) is 4.46. The summed E-state index contributed by atoms with van der Waals surface area (Å²) >= 11 is 1.63. The molecule has 1 aromatic heterocycles. The highest BCUT2D eigenvalue weighted by Gasteiger charge is 2.27. The first-order valence-corrected chi connectivity index (χ1v) is 5.34. The van der Waals surface area contributed by atoms with Crippen LogP contribution in [-0.4, -0.2) is 31.2 Å². The Morgan fingerprint density at radius 3 is 3.00 bits per heavy atom. The highest BCUT2D eigenvalue weighted by atomic mass is 32.2. The van der Waals surface area contributed by atoms with Crippen molar-refractivity contribution in [2.24, 2.45) is 7.05 Å². The molecule has 1 saturated carbocycles. The van der Waals surface area contributed by atoms with E-state index in [-0.39, 0.29) is 6.10 Å². The van der Waals surface area contributed by atoms with Crippen LogP contribution in [0.25, 0.3) is 0 Å². The van der Waals surface area contributed by atoms with Crippen LogP contribution in [0.3, 0.4) is 0 Å². The van der Waals surface area contributed by atoms with Crippen molar-refractivity contribution in [2.75, 3.05) is 0 Å². The van der Waals surface area contributed by atoms with Gasteiger partial charge in [0, 0.05) is 12.3 Å². The molecule has 13 heavy (non-hydrogen) atoms. The standard InChI is InChI=1S/C8H13N3OS/c1-11-8(9-5-10-11)13-7-4-2-3-6(7)12/h5-7,12H,2-4H2,1H3/t6-,7-/m1/s1. The summed E-state index contributed by atoms with van der Waals surface area (Å²) in [4.78, 5) is 4.12. The Bertz CT molecular complexity index is 289. The molecule has 1 heterocycles. The second-order valence-electron chi connectivity index (χ2n) is 3.32. The number of rotatable bonds is 2. The Hall–Kier alpha value is -0.550. The molecule has 5 heteroatoms. The zero-order valence-corrected chi connectivity index (χ0v) is 8.37. The summed E-state index contributed by atoms with van der Waals surface area (Å²) in [6.07, 6.45) is 4.51. The van der Waals surface area contributed by atoms with Crippen molar-refractivity contribution >= 4 is 11.8 Å². The summed E-state index contributed by atoms with van der Waals surface area (Å²) in [5, 5.41) is 14.8. The largest absolute Gasteiger partial charge is 0.392 e. The lowest BCUT2D eigenvalue weighted by Crippen LogP contribution is -2.15. The van der Waals surface area contributed by atoms with Crippen molar-refractivity contribution in [3.8, 4) is 0 Å². The molecule has 0 bridgehead atoms. The number of aliphatic hydroxyl groups excluding tert-OH is 1. The summed E-state index contributed by atoms with van der Waals surface area (Å²) in [6.45, 7) is 0. The summed E-state index contributed by atoms with van der Waals surface area (Å²) in [5.41, 5.74) is 0. The van der Waals surface area contributed by atoms with Gasteiger partial charge in [0.05, 0.1) is 6.10 Å². The van der Waals surface area contributed by atoms with E-state index in [0.717, 1.165) is 24.4 Å². The molecule has 0 amide bonds. The minimum Gasteiger partial charge on any atom is -0.392 e. The van der Waals surface area contributed by atoms with Gasteiger partial charge in [-0.15, -0.1) is 0 Å². The van der Waals surface area contributed by atoms with Crippen molar-refractivity contribution < 1.29 is 5.11 Å². The molecule has 1 N–H and O–H groups in total. The van der Waals surface area contributed by atoms with Gasteiger partial charge in [0.2, 0.25) is 0 Å². The van der Waals surface area contributed by atoms with E-state index in [0.29, 0.717) is 5.25 Å². The molecule has 1 aliphatic rings. The second-order valence-corrected chi connectivity index (χ2v) is 4.53. The van der Waals surface area contributed by atoms with Gasteiger partial charge in [0.1, 0.15) is 6.33 Å². The quantitative estimate of drug-likeness (QED) is 0.766. The highest BCUT2D eigenvalue weighted by molar-refractivity contribution is 7.99. The summed E-state index contributed by atoms with van der Waals surface area (Å²) in [6, 6.07) is 0. The minimum atomic E-state index is -0.165. The van der Waals surface area contributed by atoms with Crippen molar-refractivity contribution in [1.29, 1.82) is 0 Å². The first kappa shape index (κ1) is 9.02. The molecule has 0 saturated heterocycles. The molecule has 1 aliphatic carbocycles. The van der Waals surface area contributed by atoms with Crippen molar-refractivity contribution in [2.45, 2.75) is 35.8 Å². The van der Waals surface area contributed by atoms with E-state index in [4.69, 9.17) is 0 Å². The molecule has 1 fully saturated rings. The maximum Gasteiger partial charge on any atom is 0.186 e. The smallest absolute Gasteiger partial charge is 0.186 e. The van der Waals surface area contributed by atoms with E-state index in [1.807, 2.05) is 7.05 Å². The second kappa shape index (κ2) is 3.67. The molecule has 0 radical (unpaired) electrons. The Kier molecular flexibility index (Phi) is 2.55. The van der Waals surface area contributed by atoms with E-state index in [1.54, 1.807) is 22.8 Å². The topological polar surface area (TPSA) is 50.9 Å². The molecular weight excluding hydrogens is 186 g/mol. The van der Waals surface area contributed by atoms with Crippen LogP contribution in [0, 0.1) is 0 Å². The number of aromatic nitrogens is 3. The molecule has 0 aliphatic heterocycles. The van der Waals surface area contributed by atoms with E-state index in [1.165, 1.54) is 0 Å². The maximum absolute atomic E-state index is 9.60. The molecule has 2 atom stereocenters. The Morgan fingerprint density at radius 1 is 1.62 bits per heavy atom. The molecule has 72 valence electrons. The summed E-state index contributed by atoms with van der Waals surface area (Å²) < 4.78 is 1.75. The predicted molar refractivity (Wildman–Crippen MR) is 50.5 cm³/mol. The van der Waals surface area contributed by atoms with Crippen LogP contribution in [0.15, 0.2) is 11.5 Å². The molecule has 0 unspecified atom stereocenters. The van der Waals surface area contributed by atoms with Gasteiger partial charge in [-0.3, -0.25) is 0 Å². The summed E-state index contributed by atoms with van der Waals surface area (Å²) in [5.74, 6) is 0. The predicted octanol–water partition coefficient (Wildman–Crippen LogP) is 0.821. The fourth-order valence-corrected chi connectivity index (χ4v) is 2.73. The lowest BCUT2D eigenvalue weighted by Gasteiger charge is -2.12. The van der Waals surface area contributed by atoms with Crippen LogP contribution >= 0.6 is 11.8 Å². The number of aliphatic hydroxyl groups is 1. The van der Waals surface area contributed by atoms with Crippen molar-refractivity contribution in [1.82, 2.24) is 14.8 Å². The van der Waals surface area contributed by atoms with Crippen LogP contribution < -0.4 is 0 Å². The van der Waals surface area contributed by atoms with E-state index in [9.17, 15) is 5.11 Å². The molecule has 0 spiro atoms. The van der Waals surface area contributed by atoms with Gasteiger partial charge in [0.25, 0.3) is 0 Å². The third-order valence-electron chi connectivity index (χ3n) is 2.34. The van der Waals surface area contributed by atoms with Gasteiger partial charge >= 0.3 is 0 Å².